The van der Waals surface area contributed by atoms with Crippen LogP contribution in [0.4, 0.5) is 0 Å². The van der Waals surface area contributed by atoms with E-state index >= 15 is 0 Å². The Labute approximate surface area is 80.4 Å². The molecule has 2 nitrogen and oxygen atoms in total. The summed E-state index contributed by atoms with van der Waals surface area (Å²) in [4.78, 5) is 11.1. The van der Waals surface area contributed by atoms with Crippen molar-refractivity contribution in [3.05, 3.63) is 35.4 Å². The van der Waals surface area contributed by atoms with Gasteiger partial charge in [-0.3, -0.25) is 4.79 Å². The molecule has 1 N–H and O–H groups in total. The third-order valence-electron chi connectivity index (χ3n) is 1.73. The van der Waals surface area contributed by atoms with Gasteiger partial charge in [0.2, 0.25) is 5.91 Å². The maximum Gasteiger partial charge on any atom is 0.211 e. The van der Waals surface area contributed by atoms with Crippen molar-refractivity contribution < 1.29 is 4.79 Å². The van der Waals surface area contributed by atoms with E-state index in [2.05, 4.69) is 5.23 Å². The molecule has 63 valence electrons. The van der Waals surface area contributed by atoms with E-state index in [0.717, 1.165) is 12.9 Å². The Hall–Kier alpha value is -1.18. The standard InChI is InChI=1S/C9H10B2NO/c1-7-2-4-8(5-3-7)6-9(13)12-11-10/h2-5H,6H2,1H3,(H,12,13). The fourth-order valence-corrected chi connectivity index (χ4v) is 1.04. The van der Waals surface area contributed by atoms with Crippen LogP contribution in [-0.2, 0) is 11.2 Å². The molecule has 0 bridgehead atoms. The number of amides is 1. The van der Waals surface area contributed by atoms with Gasteiger partial charge in [0, 0.05) is 7.74 Å². The molecule has 1 aromatic rings. The molecule has 0 unspecified atom stereocenters. The number of rotatable bonds is 3. The number of hydrogen-bond donors (Lipinski definition) is 1. The number of aryl methyl sites for hydroxylation is 1. The van der Waals surface area contributed by atoms with Gasteiger partial charge in [0.15, 0.2) is 7.31 Å². The largest absolute Gasteiger partial charge is 0.412 e. The Morgan fingerprint density at radius 3 is 2.62 bits per heavy atom. The van der Waals surface area contributed by atoms with Crippen molar-refractivity contribution in [1.82, 2.24) is 5.23 Å². The third-order valence-corrected chi connectivity index (χ3v) is 1.73. The summed E-state index contributed by atoms with van der Waals surface area (Å²) in [6.07, 6.45) is 0.369. The summed E-state index contributed by atoms with van der Waals surface area (Å²) < 4.78 is 0. The molecule has 3 radical (unpaired) electrons. The molecule has 0 fully saturated rings. The Morgan fingerprint density at radius 1 is 1.46 bits per heavy atom. The van der Waals surface area contributed by atoms with Crippen molar-refractivity contribution in [3.8, 4) is 0 Å². The lowest BCUT2D eigenvalue weighted by Gasteiger charge is -2.02. The molecule has 0 aromatic heterocycles. The minimum absolute atomic E-state index is 0.0913. The summed E-state index contributed by atoms with van der Waals surface area (Å²) in [6, 6.07) is 7.83. The highest BCUT2D eigenvalue weighted by molar-refractivity contribution is 6.89. The number of nitrogens with one attached hydrogen (secondary N) is 1. The predicted molar refractivity (Wildman–Crippen MR) is 54.5 cm³/mol. The molecule has 1 amide bonds. The van der Waals surface area contributed by atoms with Crippen LogP contribution < -0.4 is 5.23 Å². The molecule has 0 heterocycles. The second kappa shape index (κ2) is 4.75. The molecule has 0 aliphatic rings. The van der Waals surface area contributed by atoms with Crippen molar-refractivity contribution >= 4 is 20.9 Å². The first-order chi connectivity index (χ1) is 6.22. The summed E-state index contributed by atoms with van der Waals surface area (Å²) in [7, 11) is 6.20. The Kier molecular flexibility index (Phi) is 3.62. The molecule has 13 heavy (non-hydrogen) atoms. The summed E-state index contributed by atoms with van der Waals surface area (Å²) >= 11 is 0. The van der Waals surface area contributed by atoms with Gasteiger partial charge in [-0.25, -0.2) is 0 Å². The summed E-state index contributed by atoms with van der Waals surface area (Å²) in [5.41, 5.74) is 2.18. The van der Waals surface area contributed by atoms with Crippen molar-refractivity contribution in [2.75, 3.05) is 0 Å². The number of benzene rings is 1. The topological polar surface area (TPSA) is 29.1 Å². The molecular weight excluding hydrogens is 160 g/mol. The first-order valence-electron chi connectivity index (χ1n) is 4.10. The molecule has 4 heteroatoms. The van der Waals surface area contributed by atoms with E-state index in [1.807, 2.05) is 31.2 Å². The van der Waals surface area contributed by atoms with Crippen LogP contribution in [0.1, 0.15) is 11.1 Å². The van der Waals surface area contributed by atoms with Crippen LogP contribution in [0.25, 0.3) is 0 Å². The molecule has 0 aliphatic heterocycles. The van der Waals surface area contributed by atoms with Crippen molar-refractivity contribution in [2.45, 2.75) is 13.3 Å². The van der Waals surface area contributed by atoms with E-state index in [1.165, 1.54) is 5.56 Å². The fraction of sp³-hybridized carbons (Fsp3) is 0.222. The molecule has 0 saturated heterocycles. The Balaban J connectivity index is 2.54. The minimum atomic E-state index is -0.0913. The van der Waals surface area contributed by atoms with Gasteiger partial charge in [0.25, 0.3) is 0 Å². The molecular formula is C9H10B2NO. The second-order valence-electron chi connectivity index (χ2n) is 2.90. The fourth-order valence-electron chi connectivity index (χ4n) is 1.04. The van der Waals surface area contributed by atoms with Gasteiger partial charge < -0.3 is 5.23 Å². The zero-order valence-corrected chi connectivity index (χ0v) is 7.58. The molecule has 0 spiro atoms. The summed E-state index contributed by atoms with van der Waals surface area (Å²) in [6.45, 7) is 2.01. The first-order valence-corrected chi connectivity index (χ1v) is 4.10. The van der Waals surface area contributed by atoms with E-state index in [9.17, 15) is 4.79 Å². The highest BCUT2D eigenvalue weighted by Gasteiger charge is 2.00. The number of carbonyl (C=O) groups is 1. The average Bonchev–Trinajstić information content (AvgIpc) is 2.09. The van der Waals surface area contributed by atoms with Gasteiger partial charge in [0.1, 0.15) is 0 Å². The van der Waals surface area contributed by atoms with Crippen LogP contribution >= 0.6 is 0 Å². The number of carbonyl (C=O) groups excluding carboxylic acids is 1. The molecule has 0 aliphatic carbocycles. The predicted octanol–water partition coefficient (Wildman–Crippen LogP) is 0.356. The maximum absolute atomic E-state index is 11.1. The monoisotopic (exact) mass is 170 g/mol. The quantitative estimate of drug-likeness (QED) is 0.651. The average molecular weight is 170 g/mol. The summed E-state index contributed by atoms with van der Waals surface area (Å²) in [5.74, 6) is -0.0913. The lowest BCUT2D eigenvalue weighted by Crippen LogP contribution is -2.28. The Morgan fingerprint density at radius 2 is 2.08 bits per heavy atom. The van der Waals surface area contributed by atoms with E-state index < -0.39 is 0 Å². The van der Waals surface area contributed by atoms with Crippen molar-refractivity contribution in [3.63, 3.8) is 0 Å². The highest BCUT2D eigenvalue weighted by Crippen LogP contribution is 2.03. The van der Waals surface area contributed by atoms with E-state index in [1.54, 1.807) is 0 Å². The third kappa shape index (κ3) is 3.36. The van der Waals surface area contributed by atoms with Crippen LogP contribution in [0.2, 0.25) is 0 Å². The normalized spacial score (nSPS) is 9.31. The van der Waals surface area contributed by atoms with Gasteiger partial charge in [0.05, 0.1) is 6.42 Å². The van der Waals surface area contributed by atoms with Gasteiger partial charge >= 0.3 is 0 Å². The van der Waals surface area contributed by atoms with Crippen LogP contribution in [0.15, 0.2) is 24.3 Å². The second-order valence-corrected chi connectivity index (χ2v) is 2.90. The molecule has 0 saturated carbocycles. The molecule has 1 aromatic carbocycles. The van der Waals surface area contributed by atoms with Crippen LogP contribution in [-0.4, -0.2) is 20.9 Å². The van der Waals surface area contributed by atoms with Gasteiger partial charge in [-0.15, -0.1) is 0 Å². The van der Waals surface area contributed by atoms with Crippen LogP contribution in [0, 0.1) is 6.92 Å². The van der Waals surface area contributed by atoms with Crippen molar-refractivity contribution in [2.24, 2.45) is 0 Å². The maximum atomic E-state index is 11.1. The van der Waals surface area contributed by atoms with Crippen LogP contribution in [0.3, 0.4) is 0 Å². The molecule has 0 atom stereocenters. The Bertz CT molecular complexity index is 284. The smallest absolute Gasteiger partial charge is 0.211 e. The zero-order valence-electron chi connectivity index (χ0n) is 7.58. The highest BCUT2D eigenvalue weighted by atomic mass is 16.1. The van der Waals surface area contributed by atoms with Gasteiger partial charge in [-0.2, -0.15) is 0 Å². The SMILES string of the molecule is [B][B]NC(=O)Cc1ccc(C)cc1. The van der Waals surface area contributed by atoms with Crippen LogP contribution in [0.5, 0.6) is 0 Å². The van der Waals surface area contributed by atoms with E-state index in [-0.39, 0.29) is 5.91 Å². The van der Waals surface area contributed by atoms with Crippen molar-refractivity contribution in [1.29, 1.82) is 0 Å². The number of hydrogen-bond acceptors (Lipinski definition) is 1. The zero-order chi connectivity index (χ0) is 9.68. The molecule has 1 rings (SSSR count). The lowest BCUT2D eigenvalue weighted by atomic mass is 9.67. The van der Waals surface area contributed by atoms with E-state index in [0.29, 0.717) is 6.42 Å². The first kappa shape index (κ1) is 9.90. The van der Waals surface area contributed by atoms with E-state index in [4.69, 9.17) is 7.74 Å². The summed E-state index contributed by atoms with van der Waals surface area (Å²) in [5, 5.41) is 2.42. The van der Waals surface area contributed by atoms with Gasteiger partial charge in [-0.05, 0) is 12.5 Å². The lowest BCUT2D eigenvalue weighted by molar-refractivity contribution is -0.118. The minimum Gasteiger partial charge on any atom is -0.412 e. The van der Waals surface area contributed by atoms with Gasteiger partial charge in [-0.1, -0.05) is 29.8 Å².